The van der Waals surface area contributed by atoms with Crippen molar-refractivity contribution in [3.63, 3.8) is 0 Å². The summed E-state index contributed by atoms with van der Waals surface area (Å²) in [5.74, 6) is 0.282. The molecule has 1 aromatic rings. The van der Waals surface area contributed by atoms with Crippen molar-refractivity contribution in [2.75, 3.05) is 23.1 Å². The van der Waals surface area contributed by atoms with E-state index in [0.717, 1.165) is 43.6 Å². The maximum atomic E-state index is 12.2. The third-order valence-electron chi connectivity index (χ3n) is 3.74. The Morgan fingerprint density at radius 1 is 1.22 bits per heavy atom. The Morgan fingerprint density at radius 2 is 2.11 bits per heavy atom. The first kappa shape index (κ1) is 12.0. The van der Waals surface area contributed by atoms with E-state index in [-0.39, 0.29) is 5.75 Å². The van der Waals surface area contributed by atoms with Crippen molar-refractivity contribution >= 4 is 15.7 Å². The van der Waals surface area contributed by atoms with Crippen LogP contribution in [0.25, 0.3) is 0 Å². The third-order valence-corrected chi connectivity index (χ3v) is 5.59. The summed E-state index contributed by atoms with van der Waals surface area (Å²) in [6, 6.07) is 6.02. The summed E-state index contributed by atoms with van der Waals surface area (Å²) in [6.45, 7) is 2.37. The molecule has 18 heavy (non-hydrogen) atoms. The van der Waals surface area contributed by atoms with Crippen molar-refractivity contribution in [2.45, 2.75) is 25.8 Å². The lowest BCUT2D eigenvalue weighted by atomic mass is 9.99. The number of anilines is 1. The van der Waals surface area contributed by atoms with Crippen LogP contribution in [-0.2, 0) is 23.0 Å². The topological polar surface area (TPSA) is 49.4 Å². The normalized spacial score (nSPS) is 22.6. The van der Waals surface area contributed by atoms with E-state index < -0.39 is 10.0 Å². The summed E-state index contributed by atoms with van der Waals surface area (Å²) in [4.78, 5) is 0. The molecule has 1 aromatic carbocycles. The van der Waals surface area contributed by atoms with Gasteiger partial charge in [-0.25, -0.2) is 8.42 Å². The predicted molar refractivity (Wildman–Crippen MR) is 72.2 cm³/mol. The second-order valence-electron chi connectivity index (χ2n) is 4.94. The summed E-state index contributed by atoms with van der Waals surface area (Å²) in [6.07, 6.45) is 2.72. The zero-order valence-corrected chi connectivity index (χ0v) is 11.2. The van der Waals surface area contributed by atoms with Crippen LogP contribution >= 0.6 is 0 Å². The highest BCUT2D eigenvalue weighted by Crippen LogP contribution is 2.30. The molecule has 0 saturated carbocycles. The molecule has 1 fully saturated rings. The molecule has 4 nitrogen and oxygen atoms in total. The summed E-state index contributed by atoms with van der Waals surface area (Å²) in [5, 5.41) is 3.33. The Labute approximate surface area is 108 Å². The van der Waals surface area contributed by atoms with Gasteiger partial charge in [0.05, 0.1) is 11.4 Å². The van der Waals surface area contributed by atoms with Crippen LogP contribution in [0, 0.1) is 0 Å². The van der Waals surface area contributed by atoms with Gasteiger partial charge in [-0.2, -0.15) is 0 Å². The Morgan fingerprint density at radius 3 is 2.94 bits per heavy atom. The fraction of sp³-hybridized carbons (Fsp3) is 0.538. The lowest BCUT2D eigenvalue weighted by Gasteiger charge is -2.32. The predicted octanol–water partition coefficient (Wildman–Crippen LogP) is 1.26. The second-order valence-corrected chi connectivity index (χ2v) is 6.95. The van der Waals surface area contributed by atoms with Gasteiger partial charge in [-0.15, -0.1) is 0 Å². The van der Waals surface area contributed by atoms with Gasteiger partial charge in [0, 0.05) is 13.1 Å². The maximum absolute atomic E-state index is 12.2. The van der Waals surface area contributed by atoms with E-state index in [1.54, 1.807) is 4.31 Å². The van der Waals surface area contributed by atoms with E-state index in [9.17, 15) is 8.42 Å². The number of sulfonamides is 1. The molecule has 1 N–H and O–H groups in total. The van der Waals surface area contributed by atoms with Crippen LogP contribution in [0.3, 0.4) is 0 Å². The van der Waals surface area contributed by atoms with Crippen LogP contribution < -0.4 is 9.62 Å². The Balaban J connectivity index is 2.06. The van der Waals surface area contributed by atoms with Crippen LogP contribution in [0.15, 0.2) is 18.2 Å². The van der Waals surface area contributed by atoms with Crippen LogP contribution in [0.1, 0.15) is 24.0 Å². The number of nitrogens with zero attached hydrogens (tertiary/aromatic N) is 1. The number of nitrogens with one attached hydrogen (secondary N) is 1. The van der Waals surface area contributed by atoms with Gasteiger partial charge >= 0.3 is 0 Å². The quantitative estimate of drug-likeness (QED) is 0.832. The molecule has 0 bridgehead atoms. The molecule has 2 aliphatic heterocycles. The lowest BCUT2D eigenvalue weighted by molar-refractivity contribution is 0.573. The maximum Gasteiger partial charge on any atom is 0.235 e. The molecule has 1 saturated heterocycles. The molecule has 5 heteroatoms. The SMILES string of the molecule is O=S1(=O)CCCCN1c1cccc2c1CNCC2. The van der Waals surface area contributed by atoms with Gasteiger partial charge in [0.2, 0.25) is 10.0 Å². The molecule has 0 amide bonds. The molecule has 0 atom stereocenters. The molecule has 0 aliphatic carbocycles. The minimum atomic E-state index is -3.10. The fourth-order valence-corrected chi connectivity index (χ4v) is 4.46. The number of hydrogen-bond donors (Lipinski definition) is 1. The zero-order valence-electron chi connectivity index (χ0n) is 10.4. The fourth-order valence-electron chi connectivity index (χ4n) is 2.79. The Hall–Kier alpha value is -1.07. The van der Waals surface area contributed by atoms with E-state index >= 15 is 0 Å². The zero-order chi connectivity index (χ0) is 12.6. The largest absolute Gasteiger partial charge is 0.312 e. The van der Waals surface area contributed by atoms with E-state index in [4.69, 9.17) is 0 Å². The van der Waals surface area contributed by atoms with Crippen molar-refractivity contribution < 1.29 is 8.42 Å². The van der Waals surface area contributed by atoms with Crippen molar-refractivity contribution in [3.05, 3.63) is 29.3 Å². The van der Waals surface area contributed by atoms with Crippen molar-refractivity contribution in [3.8, 4) is 0 Å². The minimum Gasteiger partial charge on any atom is -0.312 e. The van der Waals surface area contributed by atoms with E-state index in [2.05, 4.69) is 11.4 Å². The van der Waals surface area contributed by atoms with Gasteiger partial charge < -0.3 is 5.32 Å². The van der Waals surface area contributed by atoms with Gasteiger partial charge in [0.15, 0.2) is 0 Å². The van der Waals surface area contributed by atoms with Crippen LogP contribution in [0.2, 0.25) is 0 Å². The van der Waals surface area contributed by atoms with Crippen molar-refractivity contribution in [1.29, 1.82) is 0 Å². The molecular formula is C13H18N2O2S. The monoisotopic (exact) mass is 266 g/mol. The molecular weight excluding hydrogens is 248 g/mol. The Kier molecular flexibility index (Phi) is 3.03. The standard InChI is InChI=1S/C13H18N2O2S/c16-18(17)9-2-1-8-15(18)13-5-3-4-11-6-7-14-10-12(11)13/h3-5,14H,1-2,6-10H2. The summed E-state index contributed by atoms with van der Waals surface area (Å²) in [5.41, 5.74) is 3.33. The average molecular weight is 266 g/mol. The first-order valence-corrected chi connectivity index (χ1v) is 8.11. The number of rotatable bonds is 1. The molecule has 0 unspecified atom stereocenters. The van der Waals surface area contributed by atoms with Crippen LogP contribution in [0.4, 0.5) is 5.69 Å². The van der Waals surface area contributed by atoms with Gasteiger partial charge in [-0.3, -0.25) is 4.31 Å². The van der Waals surface area contributed by atoms with E-state index in [1.165, 1.54) is 5.56 Å². The Bertz CT molecular complexity index is 554. The first-order chi connectivity index (χ1) is 8.68. The molecule has 2 heterocycles. The van der Waals surface area contributed by atoms with Gasteiger partial charge in [-0.05, 0) is 43.0 Å². The molecule has 0 spiro atoms. The molecule has 2 aliphatic rings. The van der Waals surface area contributed by atoms with E-state index in [1.807, 2.05) is 12.1 Å². The first-order valence-electron chi connectivity index (χ1n) is 6.50. The summed E-state index contributed by atoms with van der Waals surface area (Å²) in [7, 11) is -3.10. The van der Waals surface area contributed by atoms with Crippen molar-refractivity contribution in [1.82, 2.24) is 5.32 Å². The third kappa shape index (κ3) is 2.01. The highest BCUT2D eigenvalue weighted by atomic mass is 32.2. The minimum absolute atomic E-state index is 0.282. The van der Waals surface area contributed by atoms with E-state index in [0.29, 0.717) is 6.54 Å². The average Bonchev–Trinajstić information content (AvgIpc) is 2.38. The summed E-state index contributed by atoms with van der Waals surface area (Å²) >= 11 is 0. The van der Waals surface area contributed by atoms with Gasteiger partial charge in [-0.1, -0.05) is 12.1 Å². The molecule has 98 valence electrons. The molecule has 3 rings (SSSR count). The molecule has 0 aromatic heterocycles. The summed E-state index contributed by atoms with van der Waals surface area (Å²) < 4.78 is 26.0. The lowest BCUT2D eigenvalue weighted by Crippen LogP contribution is -2.39. The van der Waals surface area contributed by atoms with Gasteiger partial charge in [0.25, 0.3) is 0 Å². The van der Waals surface area contributed by atoms with Gasteiger partial charge in [0.1, 0.15) is 0 Å². The highest BCUT2D eigenvalue weighted by Gasteiger charge is 2.28. The van der Waals surface area contributed by atoms with Crippen molar-refractivity contribution in [2.24, 2.45) is 0 Å². The molecule has 0 radical (unpaired) electrons. The van der Waals surface area contributed by atoms with Crippen LogP contribution in [-0.4, -0.2) is 27.3 Å². The number of benzene rings is 1. The highest BCUT2D eigenvalue weighted by molar-refractivity contribution is 7.92. The second kappa shape index (κ2) is 4.55. The number of hydrogen-bond acceptors (Lipinski definition) is 3. The van der Waals surface area contributed by atoms with Crippen LogP contribution in [0.5, 0.6) is 0 Å². The number of fused-ring (bicyclic) bond motifs is 1. The smallest absolute Gasteiger partial charge is 0.235 e.